The number of hydrogen-bond acceptors (Lipinski definition) is 5. The van der Waals surface area contributed by atoms with Gasteiger partial charge in [0.25, 0.3) is 5.78 Å². The van der Waals surface area contributed by atoms with Crippen molar-refractivity contribution in [2.75, 3.05) is 5.73 Å². The molecule has 0 saturated carbocycles. The van der Waals surface area contributed by atoms with E-state index in [-0.39, 0.29) is 5.95 Å². The van der Waals surface area contributed by atoms with Gasteiger partial charge in [0.1, 0.15) is 6.33 Å². The van der Waals surface area contributed by atoms with Crippen molar-refractivity contribution < 1.29 is 0 Å². The van der Waals surface area contributed by atoms with Crippen LogP contribution >= 0.6 is 0 Å². The first kappa shape index (κ1) is 9.71. The fourth-order valence-corrected chi connectivity index (χ4v) is 1.56. The van der Waals surface area contributed by atoms with E-state index in [2.05, 4.69) is 20.1 Å². The highest BCUT2D eigenvalue weighted by molar-refractivity contribution is 5.57. The first-order valence-corrected chi connectivity index (χ1v) is 5.14. The summed E-state index contributed by atoms with van der Waals surface area (Å²) in [5, 5.41) is 4.27. The molecule has 17 heavy (non-hydrogen) atoms. The second-order valence-corrected chi connectivity index (χ2v) is 3.75. The summed E-state index contributed by atoms with van der Waals surface area (Å²) in [6.45, 7) is 2.03. The highest BCUT2D eigenvalue weighted by atomic mass is 15.4. The number of benzene rings is 1. The Hall–Kier alpha value is -2.50. The molecule has 2 heterocycles. The van der Waals surface area contributed by atoms with E-state index < -0.39 is 0 Å². The Morgan fingerprint density at radius 3 is 2.59 bits per heavy atom. The Kier molecular flexibility index (Phi) is 2.01. The fourth-order valence-electron chi connectivity index (χ4n) is 1.56. The number of anilines is 1. The van der Waals surface area contributed by atoms with Gasteiger partial charge < -0.3 is 5.73 Å². The molecule has 0 aliphatic carbocycles. The standard InChI is InChI=1S/C11H10N6/c1-7-2-4-8(5-3-7)9-15-11-14-6-13-10(12)17(11)16-9/h2-6H,1H3,(H2,12,13,14,15,16). The van der Waals surface area contributed by atoms with Crippen molar-refractivity contribution in [1.82, 2.24) is 24.6 Å². The molecule has 0 saturated heterocycles. The summed E-state index contributed by atoms with van der Waals surface area (Å²) >= 11 is 0. The topological polar surface area (TPSA) is 82.0 Å². The number of aromatic nitrogens is 5. The van der Waals surface area contributed by atoms with Crippen LogP contribution in [0.1, 0.15) is 5.56 Å². The first-order valence-electron chi connectivity index (χ1n) is 5.14. The van der Waals surface area contributed by atoms with Gasteiger partial charge in [-0.05, 0) is 6.92 Å². The summed E-state index contributed by atoms with van der Waals surface area (Å²) in [6, 6.07) is 7.95. The molecule has 0 unspecified atom stereocenters. The quantitative estimate of drug-likeness (QED) is 0.671. The molecule has 0 aliphatic rings. The van der Waals surface area contributed by atoms with Crippen molar-refractivity contribution in [1.29, 1.82) is 0 Å². The van der Waals surface area contributed by atoms with Gasteiger partial charge in [-0.1, -0.05) is 29.8 Å². The molecule has 6 nitrogen and oxygen atoms in total. The van der Waals surface area contributed by atoms with Gasteiger partial charge >= 0.3 is 0 Å². The van der Waals surface area contributed by atoms with Crippen LogP contribution in [-0.4, -0.2) is 24.6 Å². The molecule has 3 rings (SSSR count). The molecule has 2 aromatic heterocycles. The Morgan fingerprint density at radius 2 is 1.88 bits per heavy atom. The van der Waals surface area contributed by atoms with Gasteiger partial charge in [-0.3, -0.25) is 0 Å². The van der Waals surface area contributed by atoms with Gasteiger partial charge in [0, 0.05) is 5.56 Å². The Labute approximate surface area is 97.2 Å². The van der Waals surface area contributed by atoms with Gasteiger partial charge in [0.05, 0.1) is 0 Å². The summed E-state index contributed by atoms with van der Waals surface area (Å²) in [4.78, 5) is 12.2. The molecule has 0 amide bonds. The summed E-state index contributed by atoms with van der Waals surface area (Å²) in [7, 11) is 0. The number of rotatable bonds is 1. The van der Waals surface area contributed by atoms with Crippen LogP contribution in [-0.2, 0) is 0 Å². The molecule has 0 atom stereocenters. The molecule has 6 heteroatoms. The van der Waals surface area contributed by atoms with E-state index >= 15 is 0 Å². The van der Waals surface area contributed by atoms with E-state index in [4.69, 9.17) is 5.73 Å². The van der Waals surface area contributed by atoms with Gasteiger partial charge in [-0.15, -0.1) is 5.10 Å². The van der Waals surface area contributed by atoms with E-state index in [0.29, 0.717) is 11.6 Å². The van der Waals surface area contributed by atoms with Crippen LogP contribution < -0.4 is 5.73 Å². The minimum Gasteiger partial charge on any atom is -0.368 e. The molecule has 0 aliphatic heterocycles. The van der Waals surface area contributed by atoms with Crippen molar-refractivity contribution in [2.24, 2.45) is 0 Å². The van der Waals surface area contributed by atoms with E-state index in [9.17, 15) is 0 Å². The number of nitrogens with two attached hydrogens (primary N) is 1. The average Bonchev–Trinajstić information content (AvgIpc) is 2.75. The van der Waals surface area contributed by atoms with Crippen LogP contribution in [0.15, 0.2) is 30.6 Å². The minimum atomic E-state index is 0.279. The molecule has 1 aromatic carbocycles. The molecular formula is C11H10N6. The normalized spacial score (nSPS) is 10.9. The molecule has 2 N–H and O–H groups in total. The Morgan fingerprint density at radius 1 is 1.12 bits per heavy atom. The Balaban J connectivity index is 2.18. The first-order chi connectivity index (χ1) is 8.24. The number of nitrogens with zero attached hydrogens (tertiary/aromatic N) is 5. The Bertz CT molecular complexity index is 670. The maximum Gasteiger partial charge on any atom is 0.257 e. The van der Waals surface area contributed by atoms with E-state index in [1.54, 1.807) is 0 Å². The zero-order valence-corrected chi connectivity index (χ0v) is 9.20. The summed E-state index contributed by atoms with van der Waals surface area (Å²) in [6.07, 6.45) is 1.37. The van der Waals surface area contributed by atoms with Crippen molar-refractivity contribution in [3.05, 3.63) is 36.2 Å². The van der Waals surface area contributed by atoms with Crippen molar-refractivity contribution in [3.63, 3.8) is 0 Å². The maximum atomic E-state index is 5.68. The van der Waals surface area contributed by atoms with Crippen molar-refractivity contribution in [2.45, 2.75) is 6.92 Å². The summed E-state index contributed by atoms with van der Waals surface area (Å²) < 4.78 is 1.43. The van der Waals surface area contributed by atoms with Crippen LogP contribution in [0.3, 0.4) is 0 Å². The zero-order valence-electron chi connectivity index (χ0n) is 9.20. The molecular weight excluding hydrogens is 216 g/mol. The molecule has 3 aromatic rings. The van der Waals surface area contributed by atoms with Crippen LogP contribution in [0.2, 0.25) is 0 Å². The van der Waals surface area contributed by atoms with Crippen molar-refractivity contribution in [3.8, 4) is 11.4 Å². The third-order valence-corrected chi connectivity index (χ3v) is 2.48. The molecule has 0 bridgehead atoms. The van der Waals surface area contributed by atoms with E-state index in [0.717, 1.165) is 5.56 Å². The third kappa shape index (κ3) is 1.59. The number of aryl methyl sites for hydroxylation is 1. The predicted molar refractivity (Wildman–Crippen MR) is 63.2 cm³/mol. The lowest BCUT2D eigenvalue weighted by molar-refractivity contribution is 0.911. The molecule has 0 radical (unpaired) electrons. The van der Waals surface area contributed by atoms with Gasteiger partial charge in [0.2, 0.25) is 5.95 Å². The number of hydrogen-bond donors (Lipinski definition) is 1. The van der Waals surface area contributed by atoms with Gasteiger partial charge in [0.15, 0.2) is 5.82 Å². The molecule has 0 spiro atoms. The highest BCUT2D eigenvalue weighted by Gasteiger charge is 2.08. The number of fused-ring (bicyclic) bond motifs is 1. The lowest BCUT2D eigenvalue weighted by atomic mass is 10.1. The summed E-state index contributed by atoms with van der Waals surface area (Å²) in [5.74, 6) is 1.33. The second-order valence-electron chi connectivity index (χ2n) is 3.75. The van der Waals surface area contributed by atoms with Crippen molar-refractivity contribution >= 4 is 11.7 Å². The summed E-state index contributed by atoms with van der Waals surface area (Å²) in [5.41, 5.74) is 7.80. The fraction of sp³-hybridized carbons (Fsp3) is 0.0909. The highest BCUT2D eigenvalue weighted by Crippen LogP contribution is 2.16. The van der Waals surface area contributed by atoms with Gasteiger partial charge in [-0.2, -0.15) is 14.5 Å². The monoisotopic (exact) mass is 226 g/mol. The lowest BCUT2D eigenvalue weighted by Gasteiger charge is -1.95. The van der Waals surface area contributed by atoms with Crippen LogP contribution in [0.25, 0.3) is 17.2 Å². The number of nitrogen functional groups attached to an aromatic ring is 1. The third-order valence-electron chi connectivity index (χ3n) is 2.48. The molecule has 84 valence electrons. The maximum absolute atomic E-state index is 5.68. The second kappa shape index (κ2) is 3.51. The van der Waals surface area contributed by atoms with E-state index in [1.807, 2.05) is 31.2 Å². The van der Waals surface area contributed by atoms with Crippen LogP contribution in [0.4, 0.5) is 5.95 Å². The van der Waals surface area contributed by atoms with Gasteiger partial charge in [-0.25, -0.2) is 4.98 Å². The van der Waals surface area contributed by atoms with Crippen LogP contribution in [0, 0.1) is 6.92 Å². The average molecular weight is 226 g/mol. The predicted octanol–water partition coefficient (Wildman–Crippen LogP) is 1.08. The largest absolute Gasteiger partial charge is 0.368 e. The zero-order chi connectivity index (χ0) is 11.8. The minimum absolute atomic E-state index is 0.279. The SMILES string of the molecule is Cc1ccc(-c2nc3ncnc(N)n3n2)cc1. The van der Waals surface area contributed by atoms with E-state index in [1.165, 1.54) is 16.4 Å². The lowest BCUT2D eigenvalue weighted by Crippen LogP contribution is -2.02. The van der Waals surface area contributed by atoms with Crippen LogP contribution in [0.5, 0.6) is 0 Å². The smallest absolute Gasteiger partial charge is 0.257 e. The molecule has 0 fully saturated rings.